The number of likely N-dealkylation sites (tertiary alicyclic amines) is 1. The van der Waals surface area contributed by atoms with E-state index in [0.717, 1.165) is 28.1 Å². The monoisotopic (exact) mass is 501 g/mol. The van der Waals surface area contributed by atoms with Crippen molar-refractivity contribution < 1.29 is 9.59 Å². The highest BCUT2D eigenvalue weighted by Gasteiger charge is 2.26. The van der Waals surface area contributed by atoms with Crippen LogP contribution < -0.4 is 11.0 Å². The summed E-state index contributed by atoms with van der Waals surface area (Å²) in [6.07, 6.45) is 3.05. The average Bonchev–Trinajstić information content (AvgIpc) is 3.53. The molecule has 0 unspecified atom stereocenters. The Labute approximate surface area is 210 Å². The van der Waals surface area contributed by atoms with Gasteiger partial charge in [-0.25, -0.2) is 14.6 Å². The summed E-state index contributed by atoms with van der Waals surface area (Å²) in [6.45, 7) is 2.79. The van der Waals surface area contributed by atoms with Crippen molar-refractivity contribution in [1.82, 2.24) is 29.3 Å². The molecule has 0 atom stereocenters. The van der Waals surface area contributed by atoms with Crippen molar-refractivity contribution in [2.24, 2.45) is 7.05 Å². The van der Waals surface area contributed by atoms with E-state index in [1.165, 1.54) is 16.0 Å². The Bertz CT molecular complexity index is 1570. The average molecular weight is 502 g/mol. The Morgan fingerprint density at radius 2 is 1.89 bits per heavy atom. The number of piperidine rings is 1. The molecular weight excluding hydrogens is 478 g/mol. The van der Waals surface area contributed by atoms with Crippen molar-refractivity contribution >= 4 is 34.2 Å². The van der Waals surface area contributed by atoms with Crippen LogP contribution in [0.1, 0.15) is 45.6 Å². The number of carbonyl (C=O) groups is 2. The van der Waals surface area contributed by atoms with Crippen molar-refractivity contribution in [2.75, 3.05) is 18.5 Å². The predicted octanol–water partition coefficient (Wildman–Crippen LogP) is 2.04. The van der Waals surface area contributed by atoms with E-state index in [-0.39, 0.29) is 17.5 Å². The van der Waals surface area contributed by atoms with Gasteiger partial charge in [0.15, 0.2) is 5.65 Å². The molecular formula is C25H23N7O3S. The third-order valence-electron chi connectivity index (χ3n) is 6.02. The van der Waals surface area contributed by atoms with Crippen molar-refractivity contribution in [3.05, 3.63) is 74.4 Å². The van der Waals surface area contributed by atoms with Crippen LogP contribution in [-0.4, -0.2) is 54.2 Å². The lowest BCUT2D eigenvalue weighted by Crippen LogP contribution is -2.37. The van der Waals surface area contributed by atoms with Crippen LogP contribution in [0.25, 0.3) is 11.0 Å². The van der Waals surface area contributed by atoms with Gasteiger partial charge < -0.3 is 4.90 Å². The fourth-order valence-corrected chi connectivity index (χ4v) is 5.08. The van der Waals surface area contributed by atoms with E-state index >= 15 is 0 Å². The van der Waals surface area contributed by atoms with Crippen LogP contribution in [0.15, 0.2) is 46.7 Å². The Kier molecular flexibility index (Phi) is 6.35. The number of carbonyl (C=O) groups excluding carboxylic acids is 2. The number of amides is 2. The standard InChI is InChI=1S/C25H23N7O3S/c1-16-26-22-19(14-30(2)28-22)25(35)32(16)29-23(34)20-15-36-24(27-20)18-10-12-31(13-11-18)21(33)9-8-17-6-4-3-5-7-17/h3-7,14-15,18H,10-13H2,1-2H3,(H,29,34). The third-order valence-corrected chi connectivity index (χ3v) is 7.03. The molecule has 4 heterocycles. The van der Waals surface area contributed by atoms with Gasteiger partial charge in [0.1, 0.15) is 16.9 Å². The second-order valence-electron chi connectivity index (χ2n) is 8.53. The maximum atomic E-state index is 12.8. The number of aromatic nitrogens is 5. The molecule has 1 saturated heterocycles. The number of rotatable bonds is 3. The Balaban J connectivity index is 1.22. The first-order chi connectivity index (χ1) is 17.4. The minimum atomic E-state index is -0.489. The summed E-state index contributed by atoms with van der Waals surface area (Å²) < 4.78 is 2.62. The van der Waals surface area contributed by atoms with Crippen LogP contribution in [0.4, 0.5) is 0 Å². The number of fused-ring (bicyclic) bond motifs is 1. The smallest absolute Gasteiger partial charge is 0.298 e. The summed E-state index contributed by atoms with van der Waals surface area (Å²) in [5.41, 5.74) is 3.58. The molecule has 3 aromatic heterocycles. The minimum Gasteiger partial charge on any atom is -0.332 e. The van der Waals surface area contributed by atoms with Gasteiger partial charge in [0, 0.05) is 49.1 Å². The largest absolute Gasteiger partial charge is 0.332 e. The Hall–Kier alpha value is -4.30. The van der Waals surface area contributed by atoms with E-state index in [0.29, 0.717) is 29.9 Å². The molecule has 5 rings (SSSR count). The van der Waals surface area contributed by atoms with Crippen molar-refractivity contribution in [1.29, 1.82) is 0 Å². The van der Waals surface area contributed by atoms with Gasteiger partial charge in [-0.2, -0.15) is 5.10 Å². The lowest BCUT2D eigenvalue weighted by atomic mass is 9.97. The highest BCUT2D eigenvalue weighted by molar-refractivity contribution is 7.09. The van der Waals surface area contributed by atoms with Gasteiger partial charge in [0.25, 0.3) is 17.4 Å². The van der Waals surface area contributed by atoms with Gasteiger partial charge in [0.2, 0.25) is 0 Å². The Morgan fingerprint density at radius 1 is 1.14 bits per heavy atom. The first-order valence-corrected chi connectivity index (χ1v) is 12.3. The molecule has 0 radical (unpaired) electrons. The van der Waals surface area contributed by atoms with Crippen LogP contribution in [0.3, 0.4) is 0 Å². The summed E-state index contributed by atoms with van der Waals surface area (Å²) in [7, 11) is 1.70. The molecule has 1 aromatic carbocycles. The summed E-state index contributed by atoms with van der Waals surface area (Å²) in [5.74, 6) is 5.43. The molecule has 2 amide bonds. The van der Waals surface area contributed by atoms with Gasteiger partial charge in [-0.15, -0.1) is 11.3 Å². The molecule has 182 valence electrons. The summed E-state index contributed by atoms with van der Waals surface area (Å²) >= 11 is 1.41. The molecule has 0 spiro atoms. The van der Waals surface area contributed by atoms with Crippen LogP contribution in [0.2, 0.25) is 0 Å². The van der Waals surface area contributed by atoms with Gasteiger partial charge >= 0.3 is 0 Å². The molecule has 1 aliphatic heterocycles. The number of thiazole rings is 1. The molecule has 36 heavy (non-hydrogen) atoms. The quantitative estimate of drug-likeness (QED) is 0.430. The fraction of sp³-hybridized carbons (Fsp3) is 0.280. The molecule has 10 nitrogen and oxygen atoms in total. The molecule has 0 bridgehead atoms. The molecule has 11 heteroatoms. The van der Waals surface area contributed by atoms with Crippen molar-refractivity contribution in [3.8, 4) is 11.8 Å². The van der Waals surface area contributed by atoms with E-state index < -0.39 is 11.5 Å². The zero-order chi connectivity index (χ0) is 25.2. The van der Waals surface area contributed by atoms with Gasteiger partial charge in [-0.3, -0.25) is 24.5 Å². The zero-order valence-corrected chi connectivity index (χ0v) is 20.6. The maximum absolute atomic E-state index is 12.8. The van der Waals surface area contributed by atoms with E-state index in [4.69, 9.17) is 0 Å². The van der Waals surface area contributed by atoms with Gasteiger partial charge in [-0.1, -0.05) is 24.1 Å². The topological polar surface area (TPSA) is 115 Å². The minimum absolute atomic E-state index is 0.153. The van der Waals surface area contributed by atoms with Crippen molar-refractivity contribution in [2.45, 2.75) is 25.7 Å². The van der Waals surface area contributed by atoms with Crippen LogP contribution >= 0.6 is 11.3 Å². The third kappa shape index (κ3) is 4.76. The molecule has 4 aromatic rings. The maximum Gasteiger partial charge on any atom is 0.298 e. The highest BCUT2D eigenvalue weighted by Crippen LogP contribution is 2.30. The number of hydrogen-bond donors (Lipinski definition) is 1. The van der Waals surface area contributed by atoms with Gasteiger partial charge in [-0.05, 0) is 31.9 Å². The summed E-state index contributed by atoms with van der Waals surface area (Å²) in [4.78, 5) is 48.7. The predicted molar refractivity (Wildman–Crippen MR) is 135 cm³/mol. The number of benzene rings is 1. The zero-order valence-electron chi connectivity index (χ0n) is 19.8. The molecule has 0 aliphatic carbocycles. The summed E-state index contributed by atoms with van der Waals surface area (Å²) in [6, 6.07) is 9.42. The number of hydrogen-bond acceptors (Lipinski definition) is 7. The van der Waals surface area contributed by atoms with E-state index in [1.807, 2.05) is 30.3 Å². The number of nitrogens with zero attached hydrogens (tertiary/aromatic N) is 6. The molecule has 1 fully saturated rings. The molecule has 0 saturated carbocycles. The summed E-state index contributed by atoms with van der Waals surface area (Å²) in [5, 5.41) is 6.99. The van der Waals surface area contributed by atoms with Crippen molar-refractivity contribution in [3.63, 3.8) is 0 Å². The first-order valence-electron chi connectivity index (χ1n) is 11.4. The van der Waals surface area contributed by atoms with Crippen LogP contribution in [0, 0.1) is 18.8 Å². The normalized spacial score (nSPS) is 13.9. The van der Waals surface area contributed by atoms with Crippen LogP contribution in [-0.2, 0) is 11.8 Å². The molecule has 1 aliphatic rings. The second-order valence-corrected chi connectivity index (χ2v) is 9.42. The lowest BCUT2D eigenvalue weighted by molar-refractivity contribution is -0.126. The number of aryl methyl sites for hydroxylation is 2. The van der Waals surface area contributed by atoms with E-state index in [1.54, 1.807) is 30.4 Å². The first kappa shape index (κ1) is 23.4. The number of nitrogens with one attached hydrogen (secondary N) is 1. The fourth-order valence-electron chi connectivity index (χ4n) is 4.11. The Morgan fingerprint density at radius 3 is 2.64 bits per heavy atom. The second kappa shape index (κ2) is 9.75. The lowest BCUT2D eigenvalue weighted by Gasteiger charge is -2.29. The van der Waals surface area contributed by atoms with E-state index in [2.05, 4.69) is 32.3 Å². The van der Waals surface area contributed by atoms with Gasteiger partial charge in [0.05, 0.1) is 5.01 Å². The highest BCUT2D eigenvalue weighted by atomic mass is 32.1. The molecule has 1 N–H and O–H groups in total. The SMILES string of the molecule is Cc1nc2nn(C)cc2c(=O)n1NC(=O)c1csc(C2CCN(C(=O)C#Cc3ccccc3)CC2)n1. The van der Waals surface area contributed by atoms with Crippen LogP contribution in [0.5, 0.6) is 0 Å². The van der Waals surface area contributed by atoms with E-state index in [9.17, 15) is 14.4 Å².